The average molecular weight is 429 g/mol. The topological polar surface area (TPSA) is 76.7 Å². The van der Waals surface area contributed by atoms with Crippen molar-refractivity contribution in [3.63, 3.8) is 0 Å². The van der Waals surface area contributed by atoms with Gasteiger partial charge < -0.3 is 20.1 Å². The lowest BCUT2D eigenvalue weighted by Gasteiger charge is -2.17. The number of Topliss-reactive ketones (excluding diaryl/α,β-unsaturated/α-hetero) is 1. The number of nitrogens with one attached hydrogen (secondary N) is 2. The van der Waals surface area contributed by atoms with E-state index in [1.165, 1.54) is 6.42 Å². The zero-order valence-electron chi connectivity index (χ0n) is 18.5. The van der Waals surface area contributed by atoms with Crippen molar-refractivity contribution < 1.29 is 19.1 Å². The van der Waals surface area contributed by atoms with Crippen molar-refractivity contribution in [3.05, 3.63) is 0 Å². The average Bonchev–Trinajstić information content (AvgIpc) is 3.19. The zero-order chi connectivity index (χ0) is 21.1. The summed E-state index contributed by atoms with van der Waals surface area (Å²) in [7, 11) is 0. The molecule has 2 aliphatic rings. The number of urea groups is 1. The molecule has 0 aromatic heterocycles. The third-order valence-corrected chi connectivity index (χ3v) is 6.97. The van der Waals surface area contributed by atoms with E-state index in [1.54, 1.807) is 0 Å². The number of unbranched alkanes of at least 4 members (excludes halogenated alkanes) is 1. The van der Waals surface area contributed by atoms with Crippen molar-refractivity contribution in [2.45, 2.75) is 89.5 Å². The maximum Gasteiger partial charge on any atom is 0.315 e. The van der Waals surface area contributed by atoms with E-state index >= 15 is 0 Å². The SMILES string of the molecule is CC(C)(C)CCCOCCOCCCC(=O)CCCCC1SCC2NC(=O)NC21. The highest BCUT2D eigenvalue weighted by Crippen LogP contribution is 2.33. The van der Waals surface area contributed by atoms with Crippen LogP contribution in [0.25, 0.3) is 0 Å². The first-order valence-corrected chi connectivity index (χ1v) is 12.3. The van der Waals surface area contributed by atoms with Gasteiger partial charge in [-0.2, -0.15) is 11.8 Å². The Kier molecular flexibility index (Phi) is 10.8. The van der Waals surface area contributed by atoms with Crippen molar-refractivity contribution >= 4 is 23.6 Å². The summed E-state index contributed by atoms with van der Waals surface area (Å²) in [5, 5.41) is 6.47. The highest BCUT2D eigenvalue weighted by molar-refractivity contribution is 8.00. The number of carbonyl (C=O) groups excluding carboxylic acids is 2. The molecule has 2 N–H and O–H groups in total. The first-order chi connectivity index (χ1) is 13.8. The molecule has 0 spiro atoms. The second-order valence-electron chi connectivity index (χ2n) is 9.40. The van der Waals surface area contributed by atoms with Crippen LogP contribution in [-0.2, 0) is 14.3 Å². The number of hydrogen-bond acceptors (Lipinski definition) is 5. The van der Waals surface area contributed by atoms with Crippen LogP contribution >= 0.6 is 11.8 Å². The van der Waals surface area contributed by atoms with Crippen LogP contribution in [-0.4, -0.2) is 61.3 Å². The minimum atomic E-state index is -0.0326. The number of hydrogen-bond donors (Lipinski definition) is 2. The Bertz CT molecular complexity index is 510. The van der Waals surface area contributed by atoms with Crippen molar-refractivity contribution in [2.24, 2.45) is 5.41 Å². The summed E-state index contributed by atoms with van der Waals surface area (Å²) in [6.07, 6.45) is 7.38. The Balaban J connectivity index is 1.35. The van der Waals surface area contributed by atoms with E-state index < -0.39 is 0 Å². The molecular weight excluding hydrogens is 388 g/mol. The molecule has 6 nitrogen and oxygen atoms in total. The Labute approximate surface area is 180 Å². The molecule has 0 bridgehead atoms. The molecule has 0 aliphatic carbocycles. The van der Waals surface area contributed by atoms with E-state index in [-0.39, 0.29) is 18.1 Å². The fraction of sp³-hybridized carbons (Fsp3) is 0.909. The molecule has 3 unspecified atom stereocenters. The number of carbonyl (C=O) groups is 2. The molecule has 2 saturated heterocycles. The van der Waals surface area contributed by atoms with E-state index in [0.717, 1.165) is 44.5 Å². The maximum absolute atomic E-state index is 12.0. The Morgan fingerprint density at radius 3 is 2.41 bits per heavy atom. The highest BCUT2D eigenvalue weighted by atomic mass is 32.2. The van der Waals surface area contributed by atoms with Gasteiger partial charge in [0, 0.05) is 37.1 Å². The summed E-state index contributed by atoms with van der Waals surface area (Å²) in [5.74, 6) is 1.33. The van der Waals surface area contributed by atoms with Crippen LogP contribution in [0.1, 0.15) is 72.1 Å². The number of fused-ring (bicyclic) bond motifs is 1. The van der Waals surface area contributed by atoms with Gasteiger partial charge in [-0.3, -0.25) is 4.79 Å². The quantitative estimate of drug-likeness (QED) is 0.305. The molecule has 29 heavy (non-hydrogen) atoms. The molecule has 2 rings (SSSR count). The summed E-state index contributed by atoms with van der Waals surface area (Å²) >= 11 is 1.93. The van der Waals surface area contributed by atoms with Gasteiger partial charge in [-0.15, -0.1) is 0 Å². The Morgan fingerprint density at radius 2 is 1.69 bits per heavy atom. The lowest BCUT2D eigenvalue weighted by Crippen LogP contribution is -2.36. The molecule has 0 aromatic carbocycles. The van der Waals surface area contributed by atoms with Gasteiger partial charge in [0.1, 0.15) is 5.78 Å². The molecule has 0 aromatic rings. The smallest absolute Gasteiger partial charge is 0.315 e. The van der Waals surface area contributed by atoms with Crippen molar-refractivity contribution in [2.75, 3.05) is 32.2 Å². The lowest BCUT2D eigenvalue weighted by atomic mass is 9.91. The van der Waals surface area contributed by atoms with Crippen molar-refractivity contribution in [1.29, 1.82) is 0 Å². The van der Waals surface area contributed by atoms with Crippen molar-refractivity contribution in [1.82, 2.24) is 10.6 Å². The summed E-state index contributed by atoms with van der Waals surface area (Å²) in [5.41, 5.74) is 0.371. The van der Waals surface area contributed by atoms with E-state index in [0.29, 0.717) is 49.1 Å². The van der Waals surface area contributed by atoms with Crippen LogP contribution in [0.15, 0.2) is 0 Å². The Morgan fingerprint density at radius 1 is 1.00 bits per heavy atom. The molecule has 2 fully saturated rings. The third-order valence-electron chi connectivity index (χ3n) is 5.46. The number of amides is 2. The molecule has 7 heteroatoms. The molecule has 0 saturated carbocycles. The lowest BCUT2D eigenvalue weighted by molar-refractivity contribution is -0.119. The molecule has 168 valence electrons. The molecule has 2 amide bonds. The summed E-state index contributed by atoms with van der Waals surface area (Å²) in [4.78, 5) is 23.4. The van der Waals surface area contributed by atoms with Gasteiger partial charge in [0.25, 0.3) is 0 Å². The predicted molar refractivity (Wildman–Crippen MR) is 119 cm³/mol. The van der Waals surface area contributed by atoms with Gasteiger partial charge in [0.2, 0.25) is 0 Å². The molecule has 3 atom stereocenters. The number of rotatable bonds is 15. The summed E-state index contributed by atoms with van der Waals surface area (Å²) < 4.78 is 11.1. The van der Waals surface area contributed by atoms with Crippen molar-refractivity contribution in [3.8, 4) is 0 Å². The van der Waals surface area contributed by atoms with E-state index in [1.807, 2.05) is 11.8 Å². The molecule has 2 aliphatic heterocycles. The fourth-order valence-electron chi connectivity index (χ4n) is 3.83. The minimum absolute atomic E-state index is 0.0326. The zero-order valence-corrected chi connectivity index (χ0v) is 19.3. The van der Waals surface area contributed by atoms with Crippen LogP contribution in [0.2, 0.25) is 0 Å². The third kappa shape index (κ3) is 10.2. The van der Waals surface area contributed by atoms with Gasteiger partial charge in [-0.25, -0.2) is 4.79 Å². The predicted octanol–water partition coefficient (Wildman–Crippen LogP) is 3.92. The summed E-state index contributed by atoms with van der Waals surface area (Å²) in [6.45, 7) is 9.40. The van der Waals surface area contributed by atoms with Crippen LogP contribution < -0.4 is 10.6 Å². The molecule has 2 heterocycles. The first-order valence-electron chi connectivity index (χ1n) is 11.2. The monoisotopic (exact) mass is 428 g/mol. The van der Waals surface area contributed by atoms with Crippen LogP contribution in [0.5, 0.6) is 0 Å². The second kappa shape index (κ2) is 12.8. The molecule has 0 radical (unpaired) electrons. The van der Waals surface area contributed by atoms with Crippen LogP contribution in [0.3, 0.4) is 0 Å². The van der Waals surface area contributed by atoms with Crippen LogP contribution in [0.4, 0.5) is 4.79 Å². The fourth-order valence-corrected chi connectivity index (χ4v) is 5.38. The van der Waals surface area contributed by atoms with Gasteiger partial charge >= 0.3 is 6.03 Å². The van der Waals surface area contributed by atoms with Gasteiger partial charge in [0.15, 0.2) is 0 Å². The van der Waals surface area contributed by atoms with Gasteiger partial charge in [0.05, 0.1) is 25.3 Å². The largest absolute Gasteiger partial charge is 0.379 e. The number of ketones is 1. The minimum Gasteiger partial charge on any atom is -0.379 e. The van der Waals surface area contributed by atoms with E-state index in [4.69, 9.17) is 9.47 Å². The van der Waals surface area contributed by atoms with Crippen LogP contribution in [0, 0.1) is 5.41 Å². The maximum atomic E-state index is 12.0. The second-order valence-corrected chi connectivity index (χ2v) is 10.7. The van der Waals surface area contributed by atoms with E-state index in [9.17, 15) is 9.59 Å². The van der Waals surface area contributed by atoms with Gasteiger partial charge in [-0.1, -0.05) is 27.2 Å². The molecular formula is C22H40N2O4S. The van der Waals surface area contributed by atoms with E-state index in [2.05, 4.69) is 31.4 Å². The van der Waals surface area contributed by atoms with Gasteiger partial charge in [-0.05, 0) is 37.5 Å². The first kappa shape index (κ1) is 24.5. The Hall–Kier alpha value is -0.790. The standard InChI is InChI=1S/C22H40N2O4S/c1-22(2,3)11-7-13-28-15-14-27-12-6-9-17(25)8-4-5-10-19-20-18(16-29-19)23-21(26)24-20/h18-20H,4-16H2,1-3H3,(H2,23,24,26). The number of ether oxygens (including phenoxy) is 2. The highest BCUT2D eigenvalue weighted by Gasteiger charge is 2.42. The number of thioether (sulfide) groups is 1. The normalized spacial score (nSPS) is 23.7. The summed E-state index contributed by atoms with van der Waals surface area (Å²) in [6, 6.07) is 0.519.